The summed E-state index contributed by atoms with van der Waals surface area (Å²) in [6.45, 7) is 23.1. The molecule has 1 aromatic rings. The molecule has 0 heterocycles. The Balaban J connectivity index is 3.25. The van der Waals surface area contributed by atoms with E-state index in [1.54, 1.807) is 11.6 Å². The fourth-order valence-corrected chi connectivity index (χ4v) is 104. The van der Waals surface area contributed by atoms with Crippen molar-refractivity contribution in [2.24, 2.45) is 0 Å². The van der Waals surface area contributed by atoms with E-state index in [-0.39, 0.29) is 0 Å². The number of rotatable bonds is 6. The molecule has 0 N–H and O–H groups in total. The van der Waals surface area contributed by atoms with Gasteiger partial charge in [-0.25, -0.2) is 0 Å². The molecule has 0 unspecified atom stereocenters. The lowest BCUT2D eigenvalue weighted by molar-refractivity contribution is 1.12. The summed E-state index contributed by atoms with van der Waals surface area (Å²) in [5.41, 5.74) is 1.56. The SMILES string of the molecule is C[Si](C)(C)[Si](CCc1ccccc1)([Si](C)(C)C)[Si](C)(C)C. The lowest BCUT2D eigenvalue weighted by atomic mass is 10.2. The molecular formula is C17H36Si4. The van der Waals surface area contributed by atoms with Crippen LogP contribution in [0.1, 0.15) is 5.56 Å². The average Bonchev–Trinajstić information content (AvgIpc) is 2.25. The van der Waals surface area contributed by atoms with Crippen LogP contribution in [0.2, 0.25) is 65.0 Å². The highest BCUT2D eigenvalue weighted by molar-refractivity contribution is 7.89. The Morgan fingerprint density at radius 3 is 1.33 bits per heavy atom. The first-order valence-electron chi connectivity index (χ1n) is 8.37. The number of benzene rings is 1. The Morgan fingerprint density at radius 1 is 0.619 bits per heavy atom. The van der Waals surface area contributed by atoms with E-state index in [9.17, 15) is 0 Å². The van der Waals surface area contributed by atoms with E-state index >= 15 is 0 Å². The van der Waals surface area contributed by atoms with E-state index in [1.807, 2.05) is 0 Å². The third kappa shape index (κ3) is 3.89. The van der Waals surface area contributed by atoms with Gasteiger partial charge in [0, 0.05) is 29.4 Å². The van der Waals surface area contributed by atoms with Crippen LogP contribution in [0.3, 0.4) is 0 Å². The van der Waals surface area contributed by atoms with Crippen LogP contribution >= 0.6 is 0 Å². The molecular weight excluding hydrogens is 317 g/mol. The average molecular weight is 353 g/mol. The Kier molecular flexibility index (Phi) is 5.74. The molecule has 0 saturated carbocycles. The molecule has 0 spiro atoms. The van der Waals surface area contributed by atoms with Gasteiger partial charge >= 0.3 is 0 Å². The quantitative estimate of drug-likeness (QED) is 0.557. The standard InChI is InChI=1S/C17H36Si4/c1-18(2,3)21(19(4,5)6,20(7,8)9)16-15-17-13-11-10-12-14-17/h10-14H,15-16H2,1-9H3. The fraction of sp³-hybridized carbons (Fsp3) is 0.647. The monoisotopic (exact) mass is 352 g/mol. The topological polar surface area (TPSA) is 0 Å². The van der Waals surface area contributed by atoms with E-state index in [2.05, 4.69) is 89.3 Å². The van der Waals surface area contributed by atoms with Crippen molar-refractivity contribution in [3.63, 3.8) is 0 Å². The summed E-state index contributed by atoms with van der Waals surface area (Å²) in [5.74, 6) is 0. The Bertz CT molecular complexity index is 410. The van der Waals surface area contributed by atoms with Crippen molar-refractivity contribution in [2.45, 2.75) is 71.4 Å². The molecule has 4 heteroatoms. The molecule has 0 bridgehead atoms. The predicted molar refractivity (Wildman–Crippen MR) is 111 cm³/mol. The van der Waals surface area contributed by atoms with Crippen LogP contribution in [0, 0.1) is 0 Å². The molecule has 0 aromatic heterocycles. The minimum Gasteiger partial charge on any atom is -0.0718 e. The highest BCUT2D eigenvalue weighted by Gasteiger charge is 2.60. The molecule has 120 valence electrons. The highest BCUT2D eigenvalue weighted by atomic mass is 29.9. The first kappa shape index (κ1) is 19.1. The van der Waals surface area contributed by atoms with Gasteiger partial charge in [-0.05, 0) is 12.0 Å². The Labute approximate surface area is 136 Å². The minimum atomic E-state index is -1.17. The van der Waals surface area contributed by atoms with E-state index < -0.39 is 29.4 Å². The number of hydrogen-bond donors (Lipinski definition) is 0. The maximum atomic E-state index is 2.70. The molecule has 0 saturated heterocycles. The van der Waals surface area contributed by atoms with Crippen LogP contribution in [-0.4, -0.2) is 29.4 Å². The Morgan fingerprint density at radius 2 is 1.00 bits per heavy atom. The molecule has 0 nitrogen and oxygen atoms in total. The second kappa shape index (κ2) is 6.30. The van der Waals surface area contributed by atoms with Gasteiger partial charge in [-0.15, -0.1) is 0 Å². The van der Waals surface area contributed by atoms with Gasteiger partial charge in [0.25, 0.3) is 0 Å². The van der Waals surface area contributed by atoms with Gasteiger partial charge in [-0.3, -0.25) is 0 Å². The molecule has 1 rings (SSSR count). The highest BCUT2D eigenvalue weighted by Crippen LogP contribution is 2.40. The third-order valence-electron chi connectivity index (χ3n) is 5.47. The summed E-state index contributed by atoms with van der Waals surface area (Å²) >= 11 is 0. The van der Waals surface area contributed by atoms with Crippen LogP contribution in [-0.2, 0) is 6.42 Å². The maximum Gasteiger partial charge on any atom is 0.0377 e. The third-order valence-corrected chi connectivity index (χ3v) is 80.0. The first-order chi connectivity index (χ1) is 9.33. The van der Waals surface area contributed by atoms with Crippen molar-refractivity contribution in [3.05, 3.63) is 35.9 Å². The fourth-order valence-electron chi connectivity index (χ4n) is 5.48. The molecule has 0 atom stereocenters. The molecule has 0 aliphatic rings. The smallest absolute Gasteiger partial charge is 0.0377 e. The van der Waals surface area contributed by atoms with Crippen molar-refractivity contribution in [1.29, 1.82) is 0 Å². The molecule has 0 aliphatic heterocycles. The van der Waals surface area contributed by atoms with Crippen molar-refractivity contribution in [1.82, 2.24) is 0 Å². The summed E-state index contributed by atoms with van der Waals surface area (Å²) in [7, 11) is -3.30. The second-order valence-electron chi connectivity index (χ2n) is 9.64. The Hall–Kier alpha value is 0.0875. The van der Waals surface area contributed by atoms with Gasteiger partial charge in [0.1, 0.15) is 0 Å². The maximum absolute atomic E-state index is 2.70. The summed E-state index contributed by atoms with van der Waals surface area (Å²) in [4.78, 5) is 0. The van der Waals surface area contributed by atoms with Crippen LogP contribution in [0.5, 0.6) is 0 Å². The van der Waals surface area contributed by atoms with E-state index in [0.29, 0.717) is 0 Å². The lowest BCUT2D eigenvalue weighted by Gasteiger charge is -2.58. The van der Waals surface area contributed by atoms with E-state index in [1.165, 1.54) is 6.42 Å². The lowest BCUT2D eigenvalue weighted by Crippen LogP contribution is -2.82. The summed E-state index contributed by atoms with van der Waals surface area (Å²) in [6, 6.07) is 12.8. The zero-order valence-corrected chi connectivity index (χ0v) is 19.8. The second-order valence-corrected chi connectivity index (χ2v) is 51.1. The van der Waals surface area contributed by atoms with Gasteiger partial charge in [-0.1, -0.05) is 95.3 Å². The van der Waals surface area contributed by atoms with Crippen LogP contribution in [0.25, 0.3) is 0 Å². The molecule has 0 radical (unpaired) electrons. The van der Waals surface area contributed by atoms with Crippen LogP contribution in [0.15, 0.2) is 30.3 Å². The van der Waals surface area contributed by atoms with E-state index in [0.717, 1.165) is 0 Å². The summed E-state index contributed by atoms with van der Waals surface area (Å²) < 4.78 is 0. The van der Waals surface area contributed by atoms with E-state index in [4.69, 9.17) is 0 Å². The van der Waals surface area contributed by atoms with Gasteiger partial charge in [-0.2, -0.15) is 0 Å². The van der Waals surface area contributed by atoms with Crippen LogP contribution < -0.4 is 0 Å². The summed E-state index contributed by atoms with van der Waals surface area (Å²) in [6.07, 6.45) is 1.33. The number of aryl methyl sites for hydroxylation is 1. The number of hydrogen-bond acceptors (Lipinski definition) is 0. The zero-order chi connectivity index (χ0) is 16.5. The van der Waals surface area contributed by atoms with Crippen molar-refractivity contribution < 1.29 is 0 Å². The predicted octanol–water partition coefficient (Wildman–Crippen LogP) is 5.93. The normalized spacial score (nSPS) is 14.3. The van der Waals surface area contributed by atoms with Crippen molar-refractivity contribution in [2.75, 3.05) is 0 Å². The van der Waals surface area contributed by atoms with Gasteiger partial charge in [0.05, 0.1) is 0 Å². The first-order valence-corrected chi connectivity index (χ1v) is 24.1. The largest absolute Gasteiger partial charge is 0.0718 e. The minimum absolute atomic E-state index is 1.10. The van der Waals surface area contributed by atoms with Gasteiger partial charge in [0.2, 0.25) is 0 Å². The van der Waals surface area contributed by atoms with Gasteiger partial charge in [0.15, 0.2) is 0 Å². The summed E-state index contributed by atoms with van der Waals surface area (Å²) in [5, 5.41) is 0. The molecule has 0 fully saturated rings. The van der Waals surface area contributed by atoms with Crippen molar-refractivity contribution in [3.8, 4) is 0 Å². The molecule has 0 aliphatic carbocycles. The van der Waals surface area contributed by atoms with Crippen LogP contribution in [0.4, 0.5) is 0 Å². The zero-order valence-electron chi connectivity index (χ0n) is 15.8. The molecule has 1 aromatic carbocycles. The molecule has 21 heavy (non-hydrogen) atoms. The molecule has 0 amide bonds. The van der Waals surface area contributed by atoms with Crippen molar-refractivity contribution >= 4 is 29.4 Å². The van der Waals surface area contributed by atoms with Gasteiger partial charge < -0.3 is 0 Å².